The van der Waals surface area contributed by atoms with Gasteiger partial charge in [0.05, 0.1) is 17.1 Å². The van der Waals surface area contributed by atoms with Crippen LogP contribution in [-0.4, -0.2) is 16.7 Å². The molecule has 1 aromatic heterocycles. The molecule has 3 rings (SSSR count). The Morgan fingerprint density at radius 3 is 2.26 bits per heavy atom. The molecule has 27 heavy (non-hydrogen) atoms. The first-order valence-electron chi connectivity index (χ1n) is 8.29. The molecule has 0 spiro atoms. The van der Waals surface area contributed by atoms with Crippen LogP contribution in [0.3, 0.4) is 0 Å². The Labute approximate surface area is 156 Å². The second-order valence-corrected chi connectivity index (χ2v) is 5.59. The minimum absolute atomic E-state index is 0.433. The summed E-state index contributed by atoms with van der Waals surface area (Å²) >= 11 is 0. The van der Waals surface area contributed by atoms with E-state index in [0.29, 0.717) is 17.1 Å². The molecule has 0 unspecified atom stereocenters. The zero-order valence-electron chi connectivity index (χ0n) is 14.7. The Kier molecular flexibility index (Phi) is 5.98. The highest BCUT2D eigenvalue weighted by Gasteiger charge is 2.02. The van der Waals surface area contributed by atoms with E-state index in [1.807, 2.05) is 42.5 Å². The van der Waals surface area contributed by atoms with E-state index in [1.54, 1.807) is 43.6 Å². The Balaban J connectivity index is 1.55. The zero-order valence-corrected chi connectivity index (χ0v) is 14.7. The predicted octanol–water partition coefficient (Wildman–Crippen LogP) is 5.04. The van der Waals surface area contributed by atoms with Gasteiger partial charge in [-0.3, -0.25) is 4.98 Å². The lowest BCUT2D eigenvalue weighted by Gasteiger charge is -2.05. The monoisotopic (exact) mass is 358 g/mol. The molecule has 0 saturated heterocycles. The van der Waals surface area contributed by atoms with E-state index in [2.05, 4.69) is 31.1 Å². The topological polar surface area (TPSA) is 91.1 Å². The molecule has 0 bridgehead atoms. The highest BCUT2D eigenvalue weighted by Crippen LogP contribution is 2.19. The van der Waals surface area contributed by atoms with Gasteiger partial charge in [-0.25, -0.2) is 10.2 Å². The van der Waals surface area contributed by atoms with Crippen LogP contribution >= 0.6 is 0 Å². The van der Waals surface area contributed by atoms with Gasteiger partial charge in [-0.2, -0.15) is 15.3 Å². The number of carbonyl (C=O) groups excluding carboxylic acids is 1. The zero-order chi connectivity index (χ0) is 18.9. The lowest BCUT2D eigenvalue weighted by Crippen LogP contribution is -2.25. The number of azo groups is 1. The third-order valence-electron chi connectivity index (χ3n) is 3.57. The van der Waals surface area contributed by atoms with Crippen LogP contribution in [0.5, 0.6) is 0 Å². The summed E-state index contributed by atoms with van der Waals surface area (Å²) in [5.41, 5.74) is 6.05. The molecule has 1 heterocycles. The van der Waals surface area contributed by atoms with Gasteiger partial charge in [-0.15, -0.1) is 0 Å². The number of aromatic nitrogens is 1. The normalized spacial score (nSPS) is 11.4. The van der Waals surface area contributed by atoms with Crippen molar-refractivity contribution in [3.8, 4) is 0 Å². The van der Waals surface area contributed by atoms with Crippen molar-refractivity contribution in [3.05, 3.63) is 84.7 Å². The molecule has 0 aliphatic rings. The first kappa shape index (κ1) is 17.9. The number of hydrogen-bond acceptors (Lipinski definition) is 5. The second-order valence-electron chi connectivity index (χ2n) is 5.59. The summed E-state index contributed by atoms with van der Waals surface area (Å²) in [6.45, 7) is 1.80. The van der Waals surface area contributed by atoms with E-state index in [-0.39, 0.29) is 0 Å². The first-order valence-corrected chi connectivity index (χ1v) is 8.29. The second kappa shape index (κ2) is 9.00. The number of hydrogen-bond donors (Lipinski definition) is 2. The molecule has 0 aliphatic carbocycles. The quantitative estimate of drug-likeness (QED) is 0.380. The highest BCUT2D eigenvalue weighted by atomic mass is 16.2. The number of rotatable bonds is 5. The molecular formula is C20H18N6O. The van der Waals surface area contributed by atoms with Crippen LogP contribution in [-0.2, 0) is 0 Å². The minimum atomic E-state index is -0.433. The molecule has 2 aromatic carbocycles. The molecule has 7 nitrogen and oxygen atoms in total. The Hall–Kier alpha value is -3.87. The Morgan fingerprint density at radius 2 is 1.59 bits per heavy atom. The summed E-state index contributed by atoms with van der Waals surface area (Å²) in [6, 6.07) is 19.8. The highest BCUT2D eigenvalue weighted by molar-refractivity contribution is 5.99. The molecule has 2 N–H and O–H groups in total. The van der Waals surface area contributed by atoms with Crippen molar-refractivity contribution < 1.29 is 4.79 Å². The van der Waals surface area contributed by atoms with Crippen molar-refractivity contribution in [2.24, 2.45) is 15.3 Å². The molecule has 7 heteroatoms. The first-order chi connectivity index (χ1) is 13.2. The van der Waals surface area contributed by atoms with Crippen molar-refractivity contribution in [1.82, 2.24) is 10.4 Å². The molecule has 3 aromatic rings. The fourth-order valence-electron chi connectivity index (χ4n) is 2.16. The number of nitrogens with zero attached hydrogens (tertiary/aromatic N) is 4. The van der Waals surface area contributed by atoms with E-state index in [4.69, 9.17) is 0 Å². The smallest absolute Gasteiger partial charge is 0.307 e. The van der Waals surface area contributed by atoms with Gasteiger partial charge in [0.15, 0.2) is 0 Å². The van der Waals surface area contributed by atoms with Crippen LogP contribution in [0.25, 0.3) is 0 Å². The van der Waals surface area contributed by atoms with Gasteiger partial charge in [0.1, 0.15) is 0 Å². The molecule has 134 valence electrons. The van der Waals surface area contributed by atoms with Gasteiger partial charge in [0.2, 0.25) is 0 Å². The van der Waals surface area contributed by atoms with Gasteiger partial charge < -0.3 is 5.32 Å². The number of pyridine rings is 1. The summed E-state index contributed by atoms with van der Waals surface area (Å²) in [4.78, 5) is 16.0. The van der Waals surface area contributed by atoms with Gasteiger partial charge >= 0.3 is 6.03 Å². The standard InChI is InChI=1S/C20H18N6O/c1-15(16-6-5-13-21-14-16)23-26-20(27)22-17-9-11-19(12-10-17)25-24-18-7-3-2-4-8-18/h2-14H,1H3,(H2,22,26,27)/b23-15-,25-24?. The average molecular weight is 358 g/mol. The van der Waals surface area contributed by atoms with E-state index in [9.17, 15) is 4.79 Å². The van der Waals surface area contributed by atoms with Gasteiger partial charge in [0.25, 0.3) is 0 Å². The molecule has 0 fully saturated rings. The van der Waals surface area contributed by atoms with Crippen molar-refractivity contribution in [3.63, 3.8) is 0 Å². The summed E-state index contributed by atoms with van der Waals surface area (Å²) in [6.07, 6.45) is 3.36. The molecular weight excluding hydrogens is 340 g/mol. The summed E-state index contributed by atoms with van der Waals surface area (Å²) in [5.74, 6) is 0. The van der Waals surface area contributed by atoms with Crippen LogP contribution in [0.1, 0.15) is 12.5 Å². The number of hydrazone groups is 1. The van der Waals surface area contributed by atoms with E-state index in [1.165, 1.54) is 0 Å². The fourth-order valence-corrected chi connectivity index (χ4v) is 2.16. The Bertz CT molecular complexity index is 937. The van der Waals surface area contributed by atoms with Gasteiger partial charge in [0, 0.05) is 23.6 Å². The van der Waals surface area contributed by atoms with Crippen LogP contribution in [0.4, 0.5) is 21.9 Å². The predicted molar refractivity (Wildman–Crippen MR) is 106 cm³/mol. The number of amides is 2. The molecule has 0 atom stereocenters. The van der Waals surface area contributed by atoms with Crippen LogP contribution < -0.4 is 10.7 Å². The number of anilines is 1. The van der Waals surface area contributed by atoms with E-state index < -0.39 is 6.03 Å². The SMILES string of the molecule is C/C(=N/NC(=O)Nc1ccc(N=Nc2ccccc2)cc1)c1cccnc1. The lowest BCUT2D eigenvalue weighted by atomic mass is 10.2. The van der Waals surface area contributed by atoms with E-state index >= 15 is 0 Å². The molecule has 0 aliphatic heterocycles. The number of urea groups is 1. The maximum Gasteiger partial charge on any atom is 0.339 e. The maximum atomic E-state index is 12.0. The van der Waals surface area contributed by atoms with Crippen LogP contribution in [0.15, 0.2) is 94.5 Å². The minimum Gasteiger partial charge on any atom is -0.307 e. The van der Waals surface area contributed by atoms with Crippen LogP contribution in [0, 0.1) is 0 Å². The number of benzene rings is 2. The van der Waals surface area contributed by atoms with Crippen molar-refractivity contribution in [2.45, 2.75) is 6.92 Å². The fraction of sp³-hybridized carbons (Fsp3) is 0.0500. The summed E-state index contributed by atoms with van der Waals surface area (Å²) in [7, 11) is 0. The van der Waals surface area contributed by atoms with Crippen LogP contribution in [0.2, 0.25) is 0 Å². The van der Waals surface area contributed by atoms with E-state index in [0.717, 1.165) is 11.3 Å². The molecule has 0 saturated carbocycles. The largest absolute Gasteiger partial charge is 0.339 e. The van der Waals surface area contributed by atoms with Crippen molar-refractivity contribution in [1.29, 1.82) is 0 Å². The third-order valence-corrected chi connectivity index (χ3v) is 3.57. The van der Waals surface area contributed by atoms with Gasteiger partial charge in [-0.05, 0) is 49.4 Å². The summed E-state index contributed by atoms with van der Waals surface area (Å²) in [5, 5.41) is 15.1. The average Bonchev–Trinajstić information content (AvgIpc) is 2.73. The lowest BCUT2D eigenvalue weighted by molar-refractivity contribution is 0.252. The molecule has 2 amide bonds. The van der Waals surface area contributed by atoms with Crippen molar-refractivity contribution >= 4 is 28.8 Å². The number of carbonyl (C=O) groups is 1. The third kappa shape index (κ3) is 5.57. The Morgan fingerprint density at radius 1 is 0.889 bits per heavy atom. The summed E-state index contributed by atoms with van der Waals surface area (Å²) < 4.78 is 0. The van der Waals surface area contributed by atoms with Crippen molar-refractivity contribution in [2.75, 3.05) is 5.32 Å². The maximum absolute atomic E-state index is 12.0. The number of nitrogens with one attached hydrogen (secondary N) is 2. The van der Waals surface area contributed by atoms with Gasteiger partial charge in [-0.1, -0.05) is 24.3 Å². The molecule has 0 radical (unpaired) electrons.